The molecule has 0 aliphatic carbocycles. The highest BCUT2D eigenvalue weighted by Crippen LogP contribution is 2.16. The number of nitrogens with one attached hydrogen (secondary N) is 1. The van der Waals surface area contributed by atoms with Gasteiger partial charge in [-0.25, -0.2) is 0 Å². The molecule has 0 aliphatic rings. The Morgan fingerprint density at radius 3 is 2.17 bits per heavy atom. The smallest absolute Gasteiger partial charge is 0.251 e. The van der Waals surface area contributed by atoms with E-state index in [1.807, 2.05) is 13.0 Å². The molecule has 3 nitrogen and oxygen atoms in total. The summed E-state index contributed by atoms with van der Waals surface area (Å²) < 4.78 is 0. The molecule has 118 valence electrons. The summed E-state index contributed by atoms with van der Waals surface area (Å²) in [4.78, 5) is 12.2. The van der Waals surface area contributed by atoms with Crippen LogP contribution in [-0.4, -0.2) is 5.91 Å². The van der Waals surface area contributed by atoms with Crippen molar-refractivity contribution in [2.24, 2.45) is 5.92 Å². The Kier molecular flexibility index (Phi) is 5.54. The number of amides is 1. The number of carbonyl (C=O) groups is 1. The van der Waals surface area contributed by atoms with Gasteiger partial charge in [0.15, 0.2) is 0 Å². The van der Waals surface area contributed by atoms with Crippen molar-refractivity contribution < 1.29 is 4.79 Å². The molecule has 0 aliphatic heterocycles. The Morgan fingerprint density at radius 2 is 1.65 bits per heavy atom. The third kappa shape index (κ3) is 4.69. The number of hydrogen-bond donors (Lipinski definition) is 1. The maximum absolute atomic E-state index is 12.2. The fraction of sp³-hybridized carbons (Fsp3) is 0.300. The van der Waals surface area contributed by atoms with Crippen LogP contribution >= 0.6 is 0 Å². The summed E-state index contributed by atoms with van der Waals surface area (Å²) in [6, 6.07) is 17.0. The molecule has 1 amide bonds. The van der Waals surface area contributed by atoms with Gasteiger partial charge in [-0.05, 0) is 54.7 Å². The lowest BCUT2D eigenvalue weighted by Crippen LogP contribution is -2.26. The minimum Gasteiger partial charge on any atom is -0.346 e. The zero-order valence-corrected chi connectivity index (χ0v) is 13.8. The van der Waals surface area contributed by atoms with Crippen LogP contribution < -0.4 is 5.32 Å². The molecule has 0 heterocycles. The van der Waals surface area contributed by atoms with Crippen molar-refractivity contribution in [1.29, 1.82) is 5.26 Å². The number of nitrogens with zero attached hydrogens (tertiary/aromatic N) is 1. The molecule has 3 heteroatoms. The lowest BCUT2D eigenvalue weighted by molar-refractivity contribution is 0.0940. The van der Waals surface area contributed by atoms with Crippen LogP contribution in [0.25, 0.3) is 0 Å². The first kappa shape index (κ1) is 16.8. The number of nitriles is 1. The minimum absolute atomic E-state index is 0.0637. The maximum atomic E-state index is 12.2. The predicted molar refractivity (Wildman–Crippen MR) is 92.0 cm³/mol. The van der Waals surface area contributed by atoms with E-state index in [0.29, 0.717) is 17.0 Å². The standard InChI is InChI=1S/C20H22N2O/c1-14(2)12-16-4-8-18(9-5-16)15(3)22-20(23)19-10-6-17(13-21)7-11-19/h4-11,14-15H,12H2,1-3H3,(H,22,23). The highest BCUT2D eigenvalue weighted by molar-refractivity contribution is 5.94. The van der Waals surface area contributed by atoms with E-state index >= 15 is 0 Å². The number of carbonyl (C=O) groups excluding carboxylic acids is 1. The summed E-state index contributed by atoms with van der Waals surface area (Å²) >= 11 is 0. The van der Waals surface area contributed by atoms with Crippen molar-refractivity contribution in [2.75, 3.05) is 0 Å². The van der Waals surface area contributed by atoms with E-state index < -0.39 is 0 Å². The SMILES string of the molecule is CC(C)Cc1ccc(C(C)NC(=O)c2ccc(C#N)cc2)cc1. The first-order chi connectivity index (χ1) is 11.0. The summed E-state index contributed by atoms with van der Waals surface area (Å²) in [5, 5.41) is 11.8. The summed E-state index contributed by atoms with van der Waals surface area (Å²) in [7, 11) is 0. The van der Waals surface area contributed by atoms with Gasteiger partial charge in [0, 0.05) is 5.56 Å². The normalized spacial score (nSPS) is 11.8. The second kappa shape index (κ2) is 7.60. The van der Waals surface area contributed by atoms with Crippen molar-refractivity contribution in [1.82, 2.24) is 5.32 Å². The Bertz CT molecular complexity index is 694. The van der Waals surface area contributed by atoms with Gasteiger partial charge in [-0.2, -0.15) is 5.26 Å². The molecule has 1 N–H and O–H groups in total. The Balaban J connectivity index is 2.01. The quantitative estimate of drug-likeness (QED) is 0.898. The monoisotopic (exact) mass is 306 g/mol. The molecular formula is C20H22N2O. The Hall–Kier alpha value is -2.60. The van der Waals surface area contributed by atoms with Crippen LogP contribution in [0.5, 0.6) is 0 Å². The van der Waals surface area contributed by atoms with Gasteiger partial charge < -0.3 is 5.32 Å². The van der Waals surface area contributed by atoms with Gasteiger partial charge in [0.05, 0.1) is 17.7 Å². The van der Waals surface area contributed by atoms with E-state index in [-0.39, 0.29) is 11.9 Å². The lowest BCUT2D eigenvalue weighted by Gasteiger charge is -2.15. The van der Waals surface area contributed by atoms with Crippen molar-refractivity contribution >= 4 is 5.91 Å². The van der Waals surface area contributed by atoms with Crippen molar-refractivity contribution in [2.45, 2.75) is 33.2 Å². The van der Waals surface area contributed by atoms with E-state index in [1.165, 1.54) is 5.56 Å². The molecule has 0 saturated heterocycles. The molecule has 0 bridgehead atoms. The van der Waals surface area contributed by atoms with E-state index in [0.717, 1.165) is 12.0 Å². The highest BCUT2D eigenvalue weighted by Gasteiger charge is 2.11. The van der Waals surface area contributed by atoms with Gasteiger partial charge in [-0.1, -0.05) is 38.1 Å². The topological polar surface area (TPSA) is 52.9 Å². The molecule has 1 atom stereocenters. The molecular weight excluding hydrogens is 284 g/mol. The van der Waals surface area contributed by atoms with Crippen molar-refractivity contribution in [3.63, 3.8) is 0 Å². The summed E-state index contributed by atoms with van der Waals surface area (Å²) in [5.41, 5.74) is 3.51. The largest absolute Gasteiger partial charge is 0.346 e. The number of rotatable bonds is 5. The van der Waals surface area contributed by atoms with Gasteiger partial charge in [0.1, 0.15) is 0 Å². The zero-order valence-electron chi connectivity index (χ0n) is 13.8. The molecule has 0 aromatic heterocycles. The van der Waals surface area contributed by atoms with Gasteiger partial charge in [0.2, 0.25) is 0 Å². The molecule has 0 radical (unpaired) electrons. The van der Waals surface area contributed by atoms with E-state index in [2.05, 4.69) is 43.4 Å². The van der Waals surface area contributed by atoms with E-state index in [9.17, 15) is 4.79 Å². The molecule has 0 saturated carbocycles. The molecule has 1 unspecified atom stereocenters. The van der Waals surface area contributed by atoms with Gasteiger partial charge in [-0.3, -0.25) is 4.79 Å². The average Bonchev–Trinajstić information content (AvgIpc) is 2.55. The van der Waals surface area contributed by atoms with Crippen LogP contribution in [0.3, 0.4) is 0 Å². The number of hydrogen-bond acceptors (Lipinski definition) is 2. The third-order valence-corrected chi connectivity index (χ3v) is 3.75. The van der Waals surface area contributed by atoms with Gasteiger partial charge >= 0.3 is 0 Å². The third-order valence-electron chi connectivity index (χ3n) is 3.75. The van der Waals surface area contributed by atoms with Gasteiger partial charge in [-0.15, -0.1) is 0 Å². The maximum Gasteiger partial charge on any atom is 0.251 e. The van der Waals surface area contributed by atoms with Crippen molar-refractivity contribution in [3.05, 3.63) is 70.8 Å². The molecule has 0 fully saturated rings. The molecule has 0 spiro atoms. The Morgan fingerprint density at radius 1 is 1.04 bits per heavy atom. The van der Waals surface area contributed by atoms with Gasteiger partial charge in [0.25, 0.3) is 5.91 Å². The fourth-order valence-electron chi connectivity index (χ4n) is 2.47. The first-order valence-electron chi connectivity index (χ1n) is 7.89. The summed E-state index contributed by atoms with van der Waals surface area (Å²) in [6.45, 7) is 6.38. The van der Waals surface area contributed by atoms with Crippen LogP contribution in [0.4, 0.5) is 0 Å². The highest BCUT2D eigenvalue weighted by atomic mass is 16.1. The summed E-state index contributed by atoms with van der Waals surface area (Å²) in [5.74, 6) is 0.502. The van der Waals surface area contributed by atoms with Crippen molar-refractivity contribution in [3.8, 4) is 6.07 Å². The first-order valence-corrected chi connectivity index (χ1v) is 7.89. The van der Waals surface area contributed by atoms with E-state index in [4.69, 9.17) is 5.26 Å². The average molecular weight is 306 g/mol. The minimum atomic E-state index is -0.131. The number of benzene rings is 2. The zero-order chi connectivity index (χ0) is 16.8. The second-order valence-electron chi connectivity index (χ2n) is 6.22. The Labute approximate surface area is 138 Å². The molecule has 23 heavy (non-hydrogen) atoms. The lowest BCUT2D eigenvalue weighted by atomic mass is 10.00. The second-order valence-corrected chi connectivity index (χ2v) is 6.22. The molecule has 2 aromatic rings. The van der Waals surface area contributed by atoms with E-state index in [1.54, 1.807) is 24.3 Å². The predicted octanol–water partition coefficient (Wildman–Crippen LogP) is 4.25. The van der Waals surface area contributed by atoms with Crippen LogP contribution in [0, 0.1) is 17.2 Å². The molecule has 2 aromatic carbocycles. The molecule has 2 rings (SSSR count). The van der Waals surface area contributed by atoms with Crippen LogP contribution in [0.15, 0.2) is 48.5 Å². The van der Waals surface area contributed by atoms with Crippen LogP contribution in [0.1, 0.15) is 53.9 Å². The van der Waals surface area contributed by atoms with Crippen LogP contribution in [0.2, 0.25) is 0 Å². The fourth-order valence-corrected chi connectivity index (χ4v) is 2.47. The van der Waals surface area contributed by atoms with Crippen LogP contribution in [-0.2, 0) is 6.42 Å². The summed E-state index contributed by atoms with van der Waals surface area (Å²) in [6.07, 6.45) is 1.06.